The summed E-state index contributed by atoms with van der Waals surface area (Å²) in [6.45, 7) is 3.85. The Bertz CT molecular complexity index is 433. The highest BCUT2D eigenvalue weighted by molar-refractivity contribution is 6.34. The molecule has 0 bridgehead atoms. The Morgan fingerprint density at radius 1 is 1.56 bits per heavy atom. The van der Waals surface area contributed by atoms with Crippen LogP contribution >= 0.6 is 11.6 Å². The van der Waals surface area contributed by atoms with E-state index >= 15 is 0 Å². The first-order valence-corrected chi connectivity index (χ1v) is 6.29. The largest absolute Gasteiger partial charge is 0.399 e. The zero-order chi connectivity index (χ0) is 13.8. The lowest BCUT2D eigenvalue weighted by Gasteiger charge is -2.23. The monoisotopic (exact) mass is 270 g/mol. The van der Waals surface area contributed by atoms with E-state index in [9.17, 15) is 9.90 Å². The average Bonchev–Trinajstić information content (AvgIpc) is 2.29. The van der Waals surface area contributed by atoms with Gasteiger partial charge >= 0.3 is 0 Å². The zero-order valence-electron chi connectivity index (χ0n) is 10.7. The topological polar surface area (TPSA) is 75.3 Å². The number of hydrogen-bond donors (Lipinski definition) is 3. The molecule has 0 spiro atoms. The lowest BCUT2D eigenvalue weighted by molar-refractivity contribution is 0.0469. The Hall–Kier alpha value is -1.26. The zero-order valence-corrected chi connectivity index (χ0v) is 11.4. The molecule has 1 aromatic carbocycles. The van der Waals surface area contributed by atoms with Crippen molar-refractivity contribution in [2.45, 2.75) is 32.3 Å². The fourth-order valence-corrected chi connectivity index (χ4v) is 1.91. The molecule has 0 saturated carbocycles. The first kappa shape index (κ1) is 14.8. The van der Waals surface area contributed by atoms with Crippen molar-refractivity contribution in [2.75, 3.05) is 12.3 Å². The number of halogens is 1. The molecule has 0 fully saturated rings. The highest BCUT2D eigenvalue weighted by Gasteiger charge is 2.21. The number of rotatable bonds is 5. The Kier molecular flexibility index (Phi) is 4.99. The Morgan fingerprint density at radius 3 is 2.83 bits per heavy atom. The van der Waals surface area contributed by atoms with Crippen molar-refractivity contribution in [3.8, 4) is 0 Å². The summed E-state index contributed by atoms with van der Waals surface area (Å²) >= 11 is 5.92. The van der Waals surface area contributed by atoms with E-state index in [4.69, 9.17) is 17.3 Å². The second-order valence-corrected chi connectivity index (χ2v) is 5.08. The third-order valence-electron chi connectivity index (χ3n) is 2.65. The van der Waals surface area contributed by atoms with Crippen LogP contribution in [0.1, 0.15) is 37.0 Å². The summed E-state index contributed by atoms with van der Waals surface area (Å²) in [5, 5.41) is 13.0. The van der Waals surface area contributed by atoms with Gasteiger partial charge in [0.1, 0.15) is 0 Å². The van der Waals surface area contributed by atoms with Gasteiger partial charge in [-0.3, -0.25) is 4.79 Å². The number of carbonyl (C=O) groups excluding carboxylic acids is 1. The molecule has 18 heavy (non-hydrogen) atoms. The van der Waals surface area contributed by atoms with Crippen LogP contribution in [-0.4, -0.2) is 23.2 Å². The van der Waals surface area contributed by atoms with Crippen LogP contribution in [0, 0.1) is 0 Å². The lowest BCUT2D eigenvalue weighted by atomic mass is 10.0. The van der Waals surface area contributed by atoms with E-state index in [1.807, 2.05) is 6.92 Å². The van der Waals surface area contributed by atoms with E-state index in [1.54, 1.807) is 19.1 Å². The van der Waals surface area contributed by atoms with Crippen LogP contribution in [0.25, 0.3) is 0 Å². The average molecular weight is 271 g/mol. The lowest BCUT2D eigenvalue weighted by Crippen LogP contribution is -2.40. The fourth-order valence-electron chi connectivity index (χ4n) is 1.71. The van der Waals surface area contributed by atoms with Gasteiger partial charge in [-0.2, -0.15) is 0 Å². The minimum Gasteiger partial charge on any atom is -0.399 e. The van der Waals surface area contributed by atoms with Crippen LogP contribution in [0.15, 0.2) is 18.2 Å². The smallest absolute Gasteiger partial charge is 0.252 e. The van der Waals surface area contributed by atoms with Gasteiger partial charge in [-0.05, 0) is 31.5 Å². The maximum atomic E-state index is 11.9. The second-order valence-electron chi connectivity index (χ2n) is 4.67. The highest BCUT2D eigenvalue weighted by atomic mass is 35.5. The summed E-state index contributed by atoms with van der Waals surface area (Å²) in [6.07, 6.45) is 1.47. The molecule has 100 valence electrons. The molecule has 4 nitrogen and oxygen atoms in total. The molecule has 1 rings (SSSR count). The summed E-state index contributed by atoms with van der Waals surface area (Å²) in [7, 11) is 0. The Labute approximate surface area is 112 Å². The Morgan fingerprint density at radius 2 is 2.22 bits per heavy atom. The summed E-state index contributed by atoms with van der Waals surface area (Å²) in [4.78, 5) is 11.9. The molecule has 1 unspecified atom stereocenters. The molecule has 0 aliphatic rings. The number of benzene rings is 1. The van der Waals surface area contributed by atoms with Crippen LogP contribution in [0.5, 0.6) is 0 Å². The first-order valence-electron chi connectivity index (χ1n) is 5.91. The van der Waals surface area contributed by atoms with E-state index < -0.39 is 5.60 Å². The van der Waals surface area contributed by atoms with E-state index in [1.165, 1.54) is 6.07 Å². The van der Waals surface area contributed by atoms with Gasteiger partial charge in [0.15, 0.2) is 0 Å². The molecular formula is C13H19ClN2O2. The van der Waals surface area contributed by atoms with Gasteiger partial charge in [0, 0.05) is 12.2 Å². The van der Waals surface area contributed by atoms with E-state index in [2.05, 4.69) is 5.32 Å². The van der Waals surface area contributed by atoms with Crippen LogP contribution in [-0.2, 0) is 0 Å². The van der Waals surface area contributed by atoms with Crippen molar-refractivity contribution in [3.63, 3.8) is 0 Å². The first-order chi connectivity index (χ1) is 8.35. The maximum absolute atomic E-state index is 11.9. The van der Waals surface area contributed by atoms with Gasteiger partial charge in [0.05, 0.1) is 16.2 Å². The van der Waals surface area contributed by atoms with Crippen LogP contribution < -0.4 is 11.1 Å². The molecule has 0 radical (unpaired) electrons. The maximum Gasteiger partial charge on any atom is 0.252 e. The quantitative estimate of drug-likeness (QED) is 0.718. The summed E-state index contributed by atoms with van der Waals surface area (Å²) in [6, 6.07) is 4.73. The molecule has 5 heteroatoms. The number of nitrogens with one attached hydrogen (secondary N) is 1. The van der Waals surface area contributed by atoms with Gasteiger partial charge in [-0.1, -0.05) is 24.9 Å². The van der Waals surface area contributed by atoms with Crippen molar-refractivity contribution in [1.29, 1.82) is 0 Å². The van der Waals surface area contributed by atoms with Crippen molar-refractivity contribution < 1.29 is 9.90 Å². The van der Waals surface area contributed by atoms with E-state index in [-0.39, 0.29) is 12.5 Å². The molecule has 1 atom stereocenters. The SMILES string of the molecule is CCCC(C)(O)CNC(=O)c1cc(N)ccc1Cl. The number of aliphatic hydroxyl groups is 1. The third kappa shape index (κ3) is 4.20. The number of carbonyl (C=O) groups is 1. The molecular weight excluding hydrogens is 252 g/mol. The highest BCUT2D eigenvalue weighted by Crippen LogP contribution is 2.19. The van der Waals surface area contributed by atoms with Crippen molar-refractivity contribution >= 4 is 23.2 Å². The minimum absolute atomic E-state index is 0.185. The third-order valence-corrected chi connectivity index (χ3v) is 2.98. The van der Waals surface area contributed by atoms with Gasteiger partial charge in [0.2, 0.25) is 0 Å². The predicted molar refractivity (Wildman–Crippen MR) is 73.7 cm³/mol. The number of hydrogen-bond acceptors (Lipinski definition) is 3. The predicted octanol–water partition coefficient (Wildman–Crippen LogP) is 2.20. The number of amides is 1. The van der Waals surface area contributed by atoms with Crippen molar-refractivity contribution in [2.24, 2.45) is 0 Å². The standard InChI is InChI=1S/C13H19ClN2O2/c1-3-6-13(2,18)8-16-12(17)10-7-9(15)4-5-11(10)14/h4-5,7,18H,3,6,8,15H2,1-2H3,(H,16,17). The van der Waals surface area contributed by atoms with E-state index in [0.29, 0.717) is 22.7 Å². The fraction of sp³-hybridized carbons (Fsp3) is 0.462. The molecule has 1 aromatic rings. The second kappa shape index (κ2) is 6.07. The Balaban J connectivity index is 2.69. The van der Waals surface area contributed by atoms with E-state index in [0.717, 1.165) is 6.42 Å². The molecule has 0 aliphatic carbocycles. The number of anilines is 1. The summed E-state index contributed by atoms with van der Waals surface area (Å²) in [5.41, 5.74) is 5.50. The summed E-state index contributed by atoms with van der Waals surface area (Å²) < 4.78 is 0. The number of nitrogens with two attached hydrogens (primary N) is 1. The molecule has 0 aliphatic heterocycles. The van der Waals surface area contributed by atoms with Crippen molar-refractivity contribution in [3.05, 3.63) is 28.8 Å². The minimum atomic E-state index is -0.906. The molecule has 0 saturated heterocycles. The summed E-state index contributed by atoms with van der Waals surface area (Å²) in [5.74, 6) is -0.330. The molecule has 0 heterocycles. The van der Waals surface area contributed by atoms with Crippen LogP contribution in [0.4, 0.5) is 5.69 Å². The molecule has 4 N–H and O–H groups in total. The normalized spacial score (nSPS) is 14.0. The van der Waals surface area contributed by atoms with Gasteiger partial charge in [-0.15, -0.1) is 0 Å². The van der Waals surface area contributed by atoms with Crippen LogP contribution in [0.2, 0.25) is 5.02 Å². The molecule has 1 amide bonds. The van der Waals surface area contributed by atoms with Gasteiger partial charge < -0.3 is 16.2 Å². The van der Waals surface area contributed by atoms with Gasteiger partial charge in [0.25, 0.3) is 5.91 Å². The van der Waals surface area contributed by atoms with Gasteiger partial charge in [-0.25, -0.2) is 0 Å². The van der Waals surface area contributed by atoms with Crippen LogP contribution in [0.3, 0.4) is 0 Å². The number of nitrogen functional groups attached to an aromatic ring is 1. The van der Waals surface area contributed by atoms with Crippen molar-refractivity contribution in [1.82, 2.24) is 5.32 Å². The molecule has 0 aromatic heterocycles.